The first-order valence-corrected chi connectivity index (χ1v) is 8.10. The van der Waals surface area contributed by atoms with E-state index < -0.39 is 23.4 Å². The molecule has 0 unspecified atom stereocenters. The number of thiophene rings is 1. The lowest BCUT2D eigenvalue weighted by molar-refractivity contribution is -0.384. The standard InChI is InChI=1S/C15H13ClN2O5S/c16-12-4-3-9(18(22)23)6-11(12)13(8-15(20)21)17-14(19)7-10-2-1-5-24-10/h1-6,13H,7-8H2,(H,17,19)(H,20,21)/t13-/m0/s1. The van der Waals surface area contributed by atoms with Crippen molar-refractivity contribution in [3.63, 3.8) is 0 Å². The Morgan fingerprint density at radius 2 is 2.12 bits per heavy atom. The van der Waals surface area contributed by atoms with Crippen molar-refractivity contribution >= 4 is 40.5 Å². The summed E-state index contributed by atoms with van der Waals surface area (Å²) in [5.41, 5.74) is -0.0231. The molecule has 7 nitrogen and oxygen atoms in total. The van der Waals surface area contributed by atoms with Gasteiger partial charge in [-0.25, -0.2) is 0 Å². The maximum atomic E-state index is 12.1. The molecule has 0 saturated heterocycles. The topological polar surface area (TPSA) is 110 Å². The van der Waals surface area contributed by atoms with Crippen molar-refractivity contribution in [1.29, 1.82) is 0 Å². The normalized spacial score (nSPS) is 11.7. The third kappa shape index (κ3) is 4.77. The largest absolute Gasteiger partial charge is 0.481 e. The fourth-order valence-corrected chi connectivity index (χ4v) is 3.09. The molecule has 1 aromatic carbocycles. The van der Waals surface area contributed by atoms with E-state index in [4.69, 9.17) is 16.7 Å². The van der Waals surface area contributed by atoms with Crippen LogP contribution in [0.25, 0.3) is 0 Å². The number of nitrogens with one attached hydrogen (secondary N) is 1. The van der Waals surface area contributed by atoms with Crippen LogP contribution in [0.4, 0.5) is 5.69 Å². The summed E-state index contributed by atoms with van der Waals surface area (Å²) in [6.45, 7) is 0. The zero-order chi connectivity index (χ0) is 17.7. The SMILES string of the molecule is O=C(O)C[C@H](NC(=O)Cc1cccs1)c1cc([N+](=O)[O-])ccc1Cl. The van der Waals surface area contributed by atoms with E-state index in [2.05, 4.69) is 5.32 Å². The fraction of sp³-hybridized carbons (Fsp3) is 0.200. The van der Waals surface area contributed by atoms with Gasteiger partial charge in [0.1, 0.15) is 0 Å². The van der Waals surface area contributed by atoms with Crippen molar-refractivity contribution in [1.82, 2.24) is 5.32 Å². The van der Waals surface area contributed by atoms with Gasteiger partial charge in [-0.15, -0.1) is 11.3 Å². The van der Waals surface area contributed by atoms with Gasteiger partial charge in [-0.1, -0.05) is 17.7 Å². The quantitative estimate of drug-likeness (QED) is 0.576. The van der Waals surface area contributed by atoms with Crippen LogP contribution in [-0.2, 0) is 16.0 Å². The Bertz CT molecular complexity index is 763. The Labute approximate surface area is 146 Å². The third-order valence-electron chi connectivity index (χ3n) is 3.19. The van der Waals surface area contributed by atoms with Crippen LogP contribution in [0.2, 0.25) is 5.02 Å². The number of amides is 1. The van der Waals surface area contributed by atoms with Crippen LogP contribution in [0.1, 0.15) is 22.9 Å². The Kier molecular flexibility index (Phi) is 5.88. The van der Waals surface area contributed by atoms with Crippen LogP contribution in [-0.4, -0.2) is 21.9 Å². The van der Waals surface area contributed by atoms with Crippen LogP contribution in [0.15, 0.2) is 35.7 Å². The zero-order valence-electron chi connectivity index (χ0n) is 12.3. The highest BCUT2D eigenvalue weighted by molar-refractivity contribution is 7.10. The molecule has 0 aliphatic heterocycles. The van der Waals surface area contributed by atoms with Gasteiger partial charge in [0, 0.05) is 27.6 Å². The maximum Gasteiger partial charge on any atom is 0.305 e. The molecule has 1 aromatic heterocycles. The van der Waals surface area contributed by atoms with Gasteiger partial charge < -0.3 is 10.4 Å². The number of carboxylic acids is 1. The number of carboxylic acid groups (broad SMARTS) is 1. The van der Waals surface area contributed by atoms with Crippen molar-refractivity contribution < 1.29 is 19.6 Å². The van der Waals surface area contributed by atoms with E-state index >= 15 is 0 Å². The van der Waals surface area contributed by atoms with Crippen LogP contribution in [0.5, 0.6) is 0 Å². The summed E-state index contributed by atoms with van der Waals surface area (Å²) >= 11 is 7.45. The molecule has 0 fully saturated rings. The molecule has 0 bridgehead atoms. The smallest absolute Gasteiger partial charge is 0.305 e. The molecular formula is C15H13ClN2O5S. The molecule has 1 amide bonds. The number of benzene rings is 1. The second-order valence-electron chi connectivity index (χ2n) is 4.94. The minimum absolute atomic E-state index is 0.0976. The van der Waals surface area contributed by atoms with E-state index in [1.165, 1.54) is 29.5 Å². The molecule has 24 heavy (non-hydrogen) atoms. The monoisotopic (exact) mass is 368 g/mol. The fourth-order valence-electron chi connectivity index (χ4n) is 2.14. The summed E-state index contributed by atoms with van der Waals surface area (Å²) in [4.78, 5) is 34.3. The number of rotatable bonds is 7. The molecule has 0 saturated carbocycles. The zero-order valence-corrected chi connectivity index (χ0v) is 13.8. The first-order valence-electron chi connectivity index (χ1n) is 6.84. The average molecular weight is 369 g/mol. The molecular weight excluding hydrogens is 356 g/mol. The lowest BCUT2D eigenvalue weighted by atomic mass is 10.0. The van der Waals surface area contributed by atoms with Crippen LogP contribution in [0, 0.1) is 10.1 Å². The van der Waals surface area contributed by atoms with Gasteiger partial charge in [0.25, 0.3) is 5.69 Å². The molecule has 2 rings (SSSR count). The van der Waals surface area contributed by atoms with Crippen molar-refractivity contribution in [3.8, 4) is 0 Å². The number of halogens is 1. The van der Waals surface area contributed by atoms with Crippen LogP contribution < -0.4 is 5.32 Å². The number of carbonyl (C=O) groups is 2. The number of carbonyl (C=O) groups excluding carboxylic acids is 1. The Morgan fingerprint density at radius 1 is 1.38 bits per heavy atom. The number of hydrogen-bond acceptors (Lipinski definition) is 5. The highest BCUT2D eigenvalue weighted by Crippen LogP contribution is 2.29. The molecule has 126 valence electrons. The molecule has 0 aliphatic carbocycles. The number of aliphatic carboxylic acids is 1. The van der Waals surface area contributed by atoms with Gasteiger partial charge in [-0.05, 0) is 17.5 Å². The van der Waals surface area contributed by atoms with Crippen LogP contribution in [0.3, 0.4) is 0 Å². The van der Waals surface area contributed by atoms with E-state index in [0.29, 0.717) is 0 Å². The molecule has 9 heteroatoms. The van der Waals surface area contributed by atoms with Crippen molar-refractivity contribution in [3.05, 3.63) is 61.3 Å². The third-order valence-corrected chi connectivity index (χ3v) is 4.42. The highest BCUT2D eigenvalue weighted by atomic mass is 35.5. The summed E-state index contributed by atoms with van der Waals surface area (Å²) in [5, 5.41) is 24.5. The van der Waals surface area contributed by atoms with Crippen molar-refractivity contribution in [2.45, 2.75) is 18.9 Å². The van der Waals surface area contributed by atoms with Crippen molar-refractivity contribution in [2.75, 3.05) is 0 Å². The Hall–Kier alpha value is -2.45. The minimum atomic E-state index is -1.15. The Balaban J connectivity index is 2.24. The molecule has 1 heterocycles. The van der Waals surface area contributed by atoms with E-state index in [1.54, 1.807) is 12.1 Å². The number of non-ortho nitro benzene ring substituents is 1. The van der Waals surface area contributed by atoms with E-state index in [9.17, 15) is 19.7 Å². The van der Waals surface area contributed by atoms with Gasteiger partial charge in [0.2, 0.25) is 5.91 Å². The molecule has 0 aliphatic rings. The minimum Gasteiger partial charge on any atom is -0.481 e. The molecule has 1 atom stereocenters. The number of nitro groups is 1. The summed E-state index contributed by atoms with van der Waals surface area (Å²) in [5.74, 6) is -1.54. The van der Waals surface area contributed by atoms with E-state index in [1.807, 2.05) is 5.38 Å². The summed E-state index contributed by atoms with van der Waals surface area (Å²) < 4.78 is 0. The van der Waals surface area contributed by atoms with Gasteiger partial charge >= 0.3 is 5.97 Å². The second-order valence-corrected chi connectivity index (χ2v) is 6.38. The summed E-state index contributed by atoms with van der Waals surface area (Å²) in [6, 6.07) is 6.35. The van der Waals surface area contributed by atoms with Gasteiger partial charge in [0.05, 0.1) is 23.8 Å². The average Bonchev–Trinajstić information content (AvgIpc) is 2.99. The second kappa shape index (κ2) is 7.89. The summed E-state index contributed by atoms with van der Waals surface area (Å²) in [6.07, 6.45) is -0.336. The van der Waals surface area contributed by atoms with Crippen molar-refractivity contribution in [2.24, 2.45) is 0 Å². The predicted molar refractivity (Wildman–Crippen MR) is 89.3 cm³/mol. The summed E-state index contributed by atoms with van der Waals surface area (Å²) in [7, 11) is 0. The van der Waals surface area contributed by atoms with Gasteiger partial charge in [-0.3, -0.25) is 19.7 Å². The van der Waals surface area contributed by atoms with Crippen LogP contribution >= 0.6 is 22.9 Å². The predicted octanol–water partition coefficient (Wildman–Crippen LogP) is 3.18. The maximum absolute atomic E-state index is 12.1. The lowest BCUT2D eigenvalue weighted by Crippen LogP contribution is -2.31. The lowest BCUT2D eigenvalue weighted by Gasteiger charge is -2.18. The van der Waals surface area contributed by atoms with Gasteiger partial charge in [0.15, 0.2) is 0 Å². The first kappa shape index (κ1) is 17.9. The first-order chi connectivity index (χ1) is 11.4. The van der Waals surface area contributed by atoms with E-state index in [-0.39, 0.29) is 28.6 Å². The molecule has 2 N–H and O–H groups in total. The number of hydrogen-bond donors (Lipinski definition) is 2. The number of nitrogens with zero attached hydrogens (tertiary/aromatic N) is 1. The van der Waals surface area contributed by atoms with E-state index in [0.717, 1.165) is 4.88 Å². The molecule has 2 aromatic rings. The number of nitro benzene ring substituents is 1. The Morgan fingerprint density at radius 3 is 2.71 bits per heavy atom. The molecule has 0 radical (unpaired) electrons. The van der Waals surface area contributed by atoms with Gasteiger partial charge in [-0.2, -0.15) is 0 Å². The highest BCUT2D eigenvalue weighted by Gasteiger charge is 2.23. The molecule has 0 spiro atoms.